The van der Waals surface area contributed by atoms with Crippen molar-refractivity contribution in [1.82, 2.24) is 14.8 Å². The first-order valence-electron chi connectivity index (χ1n) is 10.1. The van der Waals surface area contributed by atoms with Crippen molar-refractivity contribution in [2.75, 3.05) is 11.9 Å². The summed E-state index contributed by atoms with van der Waals surface area (Å²) in [7, 11) is 0. The predicted octanol–water partition coefficient (Wildman–Crippen LogP) is 4.35. The van der Waals surface area contributed by atoms with E-state index in [1.807, 2.05) is 92.7 Å². The van der Waals surface area contributed by atoms with Crippen molar-refractivity contribution in [3.05, 3.63) is 95.8 Å². The van der Waals surface area contributed by atoms with Gasteiger partial charge in [-0.2, -0.15) is 0 Å². The summed E-state index contributed by atoms with van der Waals surface area (Å²) in [5.41, 5.74) is 4.13. The van der Waals surface area contributed by atoms with Gasteiger partial charge < -0.3 is 10.1 Å². The molecule has 1 amide bonds. The number of carbonyl (C=O) groups is 2. The van der Waals surface area contributed by atoms with Crippen LogP contribution in [0.4, 0.5) is 5.69 Å². The molecule has 0 fully saturated rings. The lowest BCUT2D eigenvalue weighted by molar-refractivity contribution is -0.119. The monoisotopic (exact) mass is 426 g/mol. The molecule has 4 aromatic rings. The fourth-order valence-electron chi connectivity index (χ4n) is 3.30. The molecule has 1 N–H and O–H groups in total. The lowest BCUT2D eigenvalue weighted by Gasteiger charge is -2.11. The van der Waals surface area contributed by atoms with Gasteiger partial charge in [-0.05, 0) is 37.1 Å². The molecule has 0 aliphatic carbocycles. The molecule has 3 aromatic carbocycles. The van der Waals surface area contributed by atoms with E-state index in [0.717, 1.165) is 22.4 Å². The Morgan fingerprint density at radius 2 is 1.50 bits per heavy atom. The minimum atomic E-state index is -0.770. The predicted molar refractivity (Wildman–Crippen MR) is 122 cm³/mol. The van der Waals surface area contributed by atoms with Gasteiger partial charge in [-0.15, -0.1) is 5.10 Å². The van der Waals surface area contributed by atoms with Crippen molar-refractivity contribution >= 4 is 17.6 Å². The lowest BCUT2D eigenvalue weighted by atomic mass is 10.1. The number of ether oxygens (including phenoxy) is 1. The van der Waals surface area contributed by atoms with Crippen LogP contribution in [-0.2, 0) is 9.53 Å². The van der Waals surface area contributed by atoms with Crippen LogP contribution in [0.3, 0.4) is 0 Å². The number of aryl methyl sites for hydroxylation is 2. The van der Waals surface area contributed by atoms with Crippen molar-refractivity contribution in [1.29, 1.82) is 0 Å². The molecule has 0 aliphatic rings. The Bertz CT molecular complexity index is 1170. The molecule has 0 unspecified atom stereocenters. The zero-order valence-electron chi connectivity index (χ0n) is 17.8. The third-order valence-electron chi connectivity index (χ3n) is 4.90. The van der Waals surface area contributed by atoms with Gasteiger partial charge in [-0.1, -0.05) is 66.7 Å². The largest absolute Gasteiger partial charge is 0.450 e. The Balaban J connectivity index is 1.53. The van der Waals surface area contributed by atoms with E-state index < -0.39 is 18.5 Å². The average Bonchev–Trinajstić information content (AvgIpc) is 3.27. The Labute approximate surface area is 185 Å². The Kier molecular flexibility index (Phi) is 6.07. The number of rotatable bonds is 6. The maximum absolute atomic E-state index is 12.6. The molecular weight excluding hydrogens is 404 g/mol. The van der Waals surface area contributed by atoms with E-state index >= 15 is 0 Å². The van der Waals surface area contributed by atoms with Gasteiger partial charge in [0.05, 0.1) is 5.69 Å². The van der Waals surface area contributed by atoms with E-state index in [2.05, 4.69) is 15.4 Å². The molecule has 0 saturated heterocycles. The highest BCUT2D eigenvalue weighted by Gasteiger charge is 2.21. The van der Waals surface area contributed by atoms with E-state index in [0.29, 0.717) is 11.5 Å². The number of nitrogens with zero attached hydrogens (tertiary/aromatic N) is 3. The van der Waals surface area contributed by atoms with Gasteiger partial charge in [-0.3, -0.25) is 4.79 Å². The molecule has 0 saturated carbocycles. The second-order valence-electron chi connectivity index (χ2n) is 7.26. The number of esters is 1. The summed E-state index contributed by atoms with van der Waals surface area (Å²) < 4.78 is 6.78. The molecule has 0 radical (unpaired) electrons. The van der Waals surface area contributed by atoms with Crippen LogP contribution in [0.2, 0.25) is 0 Å². The number of nitrogens with one attached hydrogen (secondary N) is 1. The van der Waals surface area contributed by atoms with E-state index in [1.54, 1.807) is 4.68 Å². The molecule has 32 heavy (non-hydrogen) atoms. The van der Waals surface area contributed by atoms with E-state index in [1.165, 1.54) is 0 Å². The number of hydrogen-bond acceptors (Lipinski definition) is 5. The standard InChI is InChI=1S/C25H22N4O3/c1-17-10-9-11-18(2)22(17)26-21(30)16-32-25(31)23-27-24(19-12-5-3-6-13-19)29(28-23)20-14-7-4-8-15-20/h3-15H,16H2,1-2H3,(H,26,30). The van der Waals surface area contributed by atoms with Crippen LogP contribution in [0.1, 0.15) is 21.7 Å². The van der Waals surface area contributed by atoms with Gasteiger partial charge in [0.25, 0.3) is 11.7 Å². The molecule has 0 aliphatic heterocycles. The number of amides is 1. The zero-order chi connectivity index (χ0) is 22.5. The second kappa shape index (κ2) is 9.26. The summed E-state index contributed by atoms with van der Waals surface area (Å²) >= 11 is 0. The lowest BCUT2D eigenvalue weighted by Crippen LogP contribution is -2.22. The topological polar surface area (TPSA) is 86.1 Å². The second-order valence-corrected chi connectivity index (χ2v) is 7.26. The van der Waals surface area contributed by atoms with Crippen molar-refractivity contribution in [3.63, 3.8) is 0 Å². The van der Waals surface area contributed by atoms with Crippen molar-refractivity contribution in [3.8, 4) is 17.1 Å². The number of para-hydroxylation sites is 2. The maximum Gasteiger partial charge on any atom is 0.378 e. The van der Waals surface area contributed by atoms with E-state index in [4.69, 9.17) is 4.74 Å². The van der Waals surface area contributed by atoms with Crippen molar-refractivity contribution < 1.29 is 14.3 Å². The minimum Gasteiger partial charge on any atom is -0.450 e. The fraction of sp³-hybridized carbons (Fsp3) is 0.120. The van der Waals surface area contributed by atoms with Gasteiger partial charge in [-0.25, -0.2) is 14.5 Å². The summed E-state index contributed by atoms with van der Waals surface area (Å²) in [5, 5.41) is 7.14. The van der Waals surface area contributed by atoms with Crippen molar-refractivity contribution in [2.45, 2.75) is 13.8 Å². The summed E-state index contributed by atoms with van der Waals surface area (Å²) in [6, 6.07) is 24.5. The highest BCUT2D eigenvalue weighted by atomic mass is 16.5. The van der Waals surface area contributed by atoms with Gasteiger partial charge in [0.15, 0.2) is 12.4 Å². The normalized spacial score (nSPS) is 10.6. The molecule has 0 atom stereocenters. The number of aromatic nitrogens is 3. The third kappa shape index (κ3) is 4.57. The van der Waals surface area contributed by atoms with E-state index in [9.17, 15) is 9.59 Å². The number of carbonyl (C=O) groups excluding carboxylic acids is 2. The average molecular weight is 426 g/mol. The fourth-order valence-corrected chi connectivity index (χ4v) is 3.30. The molecule has 1 aromatic heterocycles. The van der Waals surface area contributed by atoms with Crippen LogP contribution in [0.25, 0.3) is 17.1 Å². The van der Waals surface area contributed by atoms with Crippen LogP contribution >= 0.6 is 0 Å². The number of hydrogen-bond donors (Lipinski definition) is 1. The van der Waals surface area contributed by atoms with Crippen LogP contribution in [0.5, 0.6) is 0 Å². The highest BCUT2D eigenvalue weighted by molar-refractivity contribution is 5.95. The van der Waals surface area contributed by atoms with Crippen molar-refractivity contribution in [2.24, 2.45) is 0 Å². The summed E-state index contributed by atoms with van der Waals surface area (Å²) in [6.45, 7) is 3.37. The Morgan fingerprint density at radius 1 is 0.875 bits per heavy atom. The minimum absolute atomic E-state index is 0.118. The number of benzene rings is 3. The van der Waals surface area contributed by atoms with Gasteiger partial charge >= 0.3 is 5.97 Å². The maximum atomic E-state index is 12.6. The third-order valence-corrected chi connectivity index (χ3v) is 4.90. The molecule has 160 valence electrons. The first kappa shape index (κ1) is 21.0. The quantitative estimate of drug-likeness (QED) is 0.464. The zero-order valence-corrected chi connectivity index (χ0v) is 17.8. The summed E-state index contributed by atoms with van der Waals surface area (Å²) in [4.78, 5) is 29.3. The molecule has 1 heterocycles. The SMILES string of the molecule is Cc1cccc(C)c1NC(=O)COC(=O)c1nc(-c2ccccc2)n(-c2ccccc2)n1. The highest BCUT2D eigenvalue weighted by Crippen LogP contribution is 2.22. The first-order chi connectivity index (χ1) is 15.5. The Morgan fingerprint density at radius 3 is 2.16 bits per heavy atom. The molecular formula is C25H22N4O3. The number of anilines is 1. The van der Waals surface area contributed by atoms with Gasteiger partial charge in [0.1, 0.15) is 0 Å². The summed E-state index contributed by atoms with van der Waals surface area (Å²) in [5.74, 6) is -0.814. The van der Waals surface area contributed by atoms with Crippen LogP contribution in [0, 0.1) is 13.8 Å². The first-order valence-corrected chi connectivity index (χ1v) is 10.1. The summed E-state index contributed by atoms with van der Waals surface area (Å²) in [6.07, 6.45) is 0. The smallest absolute Gasteiger partial charge is 0.378 e. The van der Waals surface area contributed by atoms with Crippen LogP contribution in [0.15, 0.2) is 78.9 Å². The molecule has 7 heteroatoms. The van der Waals surface area contributed by atoms with E-state index in [-0.39, 0.29) is 5.82 Å². The van der Waals surface area contributed by atoms with Crippen LogP contribution in [-0.4, -0.2) is 33.2 Å². The molecule has 0 bridgehead atoms. The van der Waals surface area contributed by atoms with Gasteiger partial charge in [0.2, 0.25) is 0 Å². The molecule has 4 rings (SSSR count). The Hall–Kier alpha value is -4.26. The van der Waals surface area contributed by atoms with Crippen LogP contribution < -0.4 is 5.32 Å². The van der Waals surface area contributed by atoms with Gasteiger partial charge in [0, 0.05) is 11.3 Å². The molecule has 7 nitrogen and oxygen atoms in total. The molecule has 0 spiro atoms.